The van der Waals surface area contributed by atoms with Crippen molar-refractivity contribution in [2.45, 2.75) is 6.42 Å². The Morgan fingerprint density at radius 2 is 2.45 bits per heavy atom. The van der Waals surface area contributed by atoms with Gasteiger partial charge in [-0.3, -0.25) is 9.48 Å². The fourth-order valence-corrected chi connectivity index (χ4v) is 0.728. The van der Waals surface area contributed by atoms with E-state index >= 15 is 0 Å². The minimum absolute atomic E-state index is 0.101. The molecule has 1 heterocycles. The lowest BCUT2D eigenvalue weighted by molar-refractivity contribution is -0.136. The van der Waals surface area contributed by atoms with Crippen LogP contribution in [0.25, 0.3) is 0 Å². The van der Waals surface area contributed by atoms with E-state index in [-0.39, 0.29) is 12.4 Å². The van der Waals surface area contributed by atoms with Gasteiger partial charge in [0.2, 0.25) is 5.95 Å². The number of hydrogen-bond donors (Lipinski definition) is 2. The number of aryl methyl sites for hydroxylation is 1. The number of rotatable bonds is 2. The summed E-state index contributed by atoms with van der Waals surface area (Å²) >= 11 is 0. The zero-order valence-electron chi connectivity index (χ0n) is 5.98. The third kappa shape index (κ3) is 1.66. The van der Waals surface area contributed by atoms with Gasteiger partial charge in [0.25, 0.3) is 0 Å². The van der Waals surface area contributed by atoms with E-state index < -0.39 is 5.97 Å². The standard InChI is InChI=1S/C5H8N4O2/c1-9-3(2-4(10)11)7-5(6)8-9/h2H2,1H3,(H2,6,8)(H,10,11). The minimum Gasteiger partial charge on any atom is -0.481 e. The van der Waals surface area contributed by atoms with Crippen molar-refractivity contribution in [3.63, 3.8) is 0 Å². The molecule has 0 saturated heterocycles. The molecule has 0 radical (unpaired) electrons. The van der Waals surface area contributed by atoms with E-state index in [4.69, 9.17) is 10.8 Å². The Morgan fingerprint density at radius 1 is 1.82 bits per heavy atom. The Balaban J connectivity index is 2.85. The van der Waals surface area contributed by atoms with Crippen molar-refractivity contribution < 1.29 is 9.90 Å². The van der Waals surface area contributed by atoms with Gasteiger partial charge >= 0.3 is 5.97 Å². The monoisotopic (exact) mass is 156 g/mol. The van der Waals surface area contributed by atoms with Crippen molar-refractivity contribution in [3.05, 3.63) is 5.82 Å². The summed E-state index contributed by atoms with van der Waals surface area (Å²) in [6, 6.07) is 0. The maximum Gasteiger partial charge on any atom is 0.311 e. The van der Waals surface area contributed by atoms with Gasteiger partial charge in [-0.05, 0) is 0 Å². The molecule has 0 unspecified atom stereocenters. The number of nitrogens with zero attached hydrogens (tertiary/aromatic N) is 3. The Morgan fingerprint density at radius 3 is 2.82 bits per heavy atom. The number of carboxylic acids is 1. The first-order valence-corrected chi connectivity index (χ1v) is 2.97. The van der Waals surface area contributed by atoms with Crippen molar-refractivity contribution in [3.8, 4) is 0 Å². The van der Waals surface area contributed by atoms with Crippen molar-refractivity contribution in [1.82, 2.24) is 14.8 Å². The van der Waals surface area contributed by atoms with Crippen molar-refractivity contribution in [2.75, 3.05) is 5.73 Å². The molecule has 0 aromatic carbocycles. The summed E-state index contributed by atoms with van der Waals surface area (Å²) in [4.78, 5) is 13.9. The molecule has 6 heteroatoms. The van der Waals surface area contributed by atoms with Gasteiger partial charge in [-0.2, -0.15) is 4.98 Å². The van der Waals surface area contributed by atoms with Crippen LogP contribution in [-0.4, -0.2) is 25.8 Å². The lowest BCUT2D eigenvalue weighted by Gasteiger charge is -1.92. The van der Waals surface area contributed by atoms with Gasteiger partial charge in [-0.25, -0.2) is 0 Å². The van der Waals surface area contributed by atoms with Gasteiger partial charge in [0.1, 0.15) is 12.2 Å². The highest BCUT2D eigenvalue weighted by Gasteiger charge is 2.07. The van der Waals surface area contributed by atoms with Gasteiger partial charge in [0.15, 0.2) is 0 Å². The van der Waals surface area contributed by atoms with Crippen LogP contribution in [0.5, 0.6) is 0 Å². The van der Waals surface area contributed by atoms with E-state index in [0.29, 0.717) is 5.82 Å². The van der Waals surface area contributed by atoms with Gasteiger partial charge in [-0.15, -0.1) is 5.10 Å². The topological polar surface area (TPSA) is 94.0 Å². The predicted molar refractivity (Wildman–Crippen MR) is 36.8 cm³/mol. The maximum atomic E-state index is 10.2. The normalized spacial score (nSPS) is 9.91. The van der Waals surface area contributed by atoms with E-state index in [9.17, 15) is 4.79 Å². The number of aliphatic carboxylic acids is 1. The number of aromatic nitrogens is 3. The average Bonchev–Trinajstić information content (AvgIpc) is 2.09. The van der Waals surface area contributed by atoms with Gasteiger partial charge < -0.3 is 10.8 Å². The zero-order valence-corrected chi connectivity index (χ0v) is 5.98. The molecule has 0 aliphatic rings. The van der Waals surface area contributed by atoms with Crippen LogP contribution in [0.4, 0.5) is 5.95 Å². The van der Waals surface area contributed by atoms with Crippen LogP contribution in [0.3, 0.4) is 0 Å². The summed E-state index contributed by atoms with van der Waals surface area (Å²) < 4.78 is 1.35. The third-order valence-electron chi connectivity index (χ3n) is 1.18. The maximum absolute atomic E-state index is 10.2. The first kappa shape index (κ1) is 7.52. The molecule has 1 rings (SSSR count). The molecule has 0 aliphatic carbocycles. The molecule has 0 spiro atoms. The van der Waals surface area contributed by atoms with Crippen LogP contribution in [0.1, 0.15) is 5.82 Å². The molecule has 6 nitrogen and oxygen atoms in total. The quantitative estimate of drug-likeness (QED) is 0.574. The highest BCUT2D eigenvalue weighted by Crippen LogP contribution is 1.97. The van der Waals surface area contributed by atoms with Crippen LogP contribution in [0.2, 0.25) is 0 Å². The summed E-state index contributed by atoms with van der Waals surface area (Å²) in [5.74, 6) is -0.487. The number of anilines is 1. The van der Waals surface area contributed by atoms with E-state index in [1.807, 2.05) is 0 Å². The lowest BCUT2D eigenvalue weighted by atomic mass is 10.4. The zero-order chi connectivity index (χ0) is 8.43. The second-order valence-corrected chi connectivity index (χ2v) is 2.08. The molecular weight excluding hydrogens is 148 g/mol. The smallest absolute Gasteiger partial charge is 0.311 e. The second-order valence-electron chi connectivity index (χ2n) is 2.08. The number of carbonyl (C=O) groups is 1. The molecule has 0 fully saturated rings. The van der Waals surface area contributed by atoms with Crippen LogP contribution in [-0.2, 0) is 18.3 Å². The average molecular weight is 156 g/mol. The van der Waals surface area contributed by atoms with Gasteiger partial charge in [-0.1, -0.05) is 0 Å². The molecular formula is C5H8N4O2. The third-order valence-corrected chi connectivity index (χ3v) is 1.18. The summed E-state index contributed by atoms with van der Waals surface area (Å²) in [5.41, 5.74) is 5.22. The number of carboxylic acid groups (broad SMARTS) is 1. The van der Waals surface area contributed by atoms with E-state index in [2.05, 4.69) is 10.1 Å². The number of nitrogens with two attached hydrogens (primary N) is 1. The van der Waals surface area contributed by atoms with Crippen molar-refractivity contribution >= 4 is 11.9 Å². The highest BCUT2D eigenvalue weighted by atomic mass is 16.4. The molecule has 3 N–H and O–H groups in total. The first-order valence-electron chi connectivity index (χ1n) is 2.97. The van der Waals surface area contributed by atoms with Crippen LogP contribution >= 0.6 is 0 Å². The lowest BCUT2D eigenvalue weighted by Crippen LogP contribution is -2.06. The SMILES string of the molecule is Cn1nc(N)nc1CC(=O)O. The summed E-state index contributed by atoms with van der Waals surface area (Å²) in [5, 5.41) is 12.1. The van der Waals surface area contributed by atoms with Gasteiger partial charge in [0, 0.05) is 7.05 Å². The first-order chi connectivity index (χ1) is 5.09. The number of hydrogen-bond acceptors (Lipinski definition) is 4. The summed E-state index contributed by atoms with van der Waals surface area (Å²) in [6.07, 6.45) is -0.152. The highest BCUT2D eigenvalue weighted by molar-refractivity contribution is 5.69. The Bertz CT molecular complexity index is 280. The molecule has 0 aliphatic heterocycles. The molecule has 11 heavy (non-hydrogen) atoms. The largest absolute Gasteiger partial charge is 0.481 e. The van der Waals surface area contributed by atoms with E-state index in [1.165, 1.54) is 4.68 Å². The second kappa shape index (κ2) is 2.57. The molecule has 0 bridgehead atoms. The summed E-state index contributed by atoms with van der Waals surface area (Å²) in [6.45, 7) is 0. The van der Waals surface area contributed by atoms with E-state index in [1.54, 1.807) is 7.05 Å². The fourth-order valence-electron chi connectivity index (χ4n) is 0.728. The Kier molecular flexibility index (Phi) is 1.75. The van der Waals surface area contributed by atoms with Crippen molar-refractivity contribution in [2.24, 2.45) is 7.05 Å². The fraction of sp³-hybridized carbons (Fsp3) is 0.400. The Hall–Kier alpha value is -1.59. The van der Waals surface area contributed by atoms with Gasteiger partial charge in [0.05, 0.1) is 0 Å². The van der Waals surface area contributed by atoms with Crippen molar-refractivity contribution in [1.29, 1.82) is 0 Å². The predicted octanol–water partition coefficient (Wildman–Crippen LogP) is -0.976. The van der Waals surface area contributed by atoms with E-state index in [0.717, 1.165) is 0 Å². The van der Waals surface area contributed by atoms with Crippen LogP contribution in [0, 0.1) is 0 Å². The minimum atomic E-state index is -0.944. The number of nitrogen functional groups attached to an aromatic ring is 1. The Labute approximate surface area is 62.6 Å². The molecule has 60 valence electrons. The molecule has 0 atom stereocenters. The summed E-state index contributed by atoms with van der Waals surface area (Å²) in [7, 11) is 1.60. The molecule has 1 aromatic rings. The molecule has 1 aromatic heterocycles. The molecule has 0 amide bonds. The van der Waals surface area contributed by atoms with Crippen LogP contribution in [0.15, 0.2) is 0 Å². The van der Waals surface area contributed by atoms with Crippen LogP contribution < -0.4 is 5.73 Å². The molecule has 0 saturated carbocycles.